The average Bonchev–Trinajstić information content (AvgIpc) is 2.42. The van der Waals surface area contributed by atoms with Crippen molar-refractivity contribution in [2.75, 3.05) is 14.2 Å². The van der Waals surface area contributed by atoms with E-state index in [1.807, 2.05) is 0 Å². The van der Waals surface area contributed by atoms with Gasteiger partial charge in [0.1, 0.15) is 5.57 Å². The van der Waals surface area contributed by atoms with E-state index in [9.17, 15) is 18.0 Å². The predicted octanol–water partition coefficient (Wildman–Crippen LogP) is 1.15. The van der Waals surface area contributed by atoms with Crippen molar-refractivity contribution in [3.05, 3.63) is 29.5 Å². The molecule has 0 aliphatic heterocycles. The SMILES string of the molecule is CO/C=C(/C(=O)OC)c1cnc(C(F)(F)F)nc1CO. The molecular formula is C11H11F3N2O4. The summed E-state index contributed by atoms with van der Waals surface area (Å²) in [6.45, 7) is -0.807. The van der Waals surface area contributed by atoms with E-state index >= 15 is 0 Å². The number of halogens is 3. The van der Waals surface area contributed by atoms with Crippen LogP contribution in [0.4, 0.5) is 13.2 Å². The molecule has 0 aromatic carbocycles. The third-order valence-corrected chi connectivity index (χ3v) is 2.20. The molecular weight excluding hydrogens is 281 g/mol. The predicted molar refractivity (Wildman–Crippen MR) is 60.0 cm³/mol. The standard InChI is InChI=1S/C11H11F3N2O4/c1-19-5-7(9(18)20-2)6-3-15-10(11(12,13)14)16-8(6)4-17/h3,5,17H,4H2,1-2H3/b7-5+. The van der Waals surface area contributed by atoms with E-state index < -0.39 is 24.6 Å². The number of methoxy groups -OCH3 is 2. The van der Waals surface area contributed by atoms with Crippen molar-refractivity contribution in [1.29, 1.82) is 0 Å². The highest BCUT2D eigenvalue weighted by atomic mass is 19.4. The van der Waals surface area contributed by atoms with Crippen LogP contribution in [0, 0.1) is 0 Å². The van der Waals surface area contributed by atoms with E-state index in [-0.39, 0.29) is 16.8 Å². The van der Waals surface area contributed by atoms with Gasteiger partial charge in [0.25, 0.3) is 0 Å². The Kier molecular flexibility index (Phi) is 5.03. The lowest BCUT2D eigenvalue weighted by Gasteiger charge is -2.11. The smallest absolute Gasteiger partial charge is 0.451 e. The maximum Gasteiger partial charge on any atom is 0.451 e. The van der Waals surface area contributed by atoms with Gasteiger partial charge in [-0.3, -0.25) is 0 Å². The van der Waals surface area contributed by atoms with Crippen LogP contribution >= 0.6 is 0 Å². The molecule has 0 fully saturated rings. The van der Waals surface area contributed by atoms with E-state index in [1.54, 1.807) is 0 Å². The zero-order chi connectivity index (χ0) is 15.3. The van der Waals surface area contributed by atoms with Gasteiger partial charge in [0, 0.05) is 11.8 Å². The van der Waals surface area contributed by atoms with Crippen LogP contribution in [-0.2, 0) is 27.1 Å². The maximum absolute atomic E-state index is 12.5. The summed E-state index contributed by atoms with van der Waals surface area (Å²) in [5.74, 6) is -2.27. The first kappa shape index (κ1) is 15.9. The van der Waals surface area contributed by atoms with Crippen LogP contribution in [-0.4, -0.2) is 35.3 Å². The number of aliphatic hydroxyl groups is 1. The molecule has 0 bridgehead atoms. The molecule has 0 radical (unpaired) electrons. The monoisotopic (exact) mass is 292 g/mol. The molecule has 0 atom stereocenters. The van der Waals surface area contributed by atoms with Crippen molar-refractivity contribution in [3.8, 4) is 0 Å². The number of aliphatic hydroxyl groups excluding tert-OH is 1. The number of carbonyl (C=O) groups excluding carboxylic acids is 1. The second kappa shape index (κ2) is 6.33. The second-order valence-corrected chi connectivity index (χ2v) is 3.47. The zero-order valence-corrected chi connectivity index (χ0v) is 10.6. The molecule has 0 amide bonds. The Morgan fingerprint density at radius 3 is 2.55 bits per heavy atom. The quantitative estimate of drug-likeness (QED) is 0.509. The van der Waals surface area contributed by atoms with E-state index in [2.05, 4.69) is 19.4 Å². The van der Waals surface area contributed by atoms with E-state index in [0.29, 0.717) is 0 Å². The first-order chi connectivity index (χ1) is 9.35. The molecule has 0 spiro atoms. The maximum atomic E-state index is 12.5. The highest BCUT2D eigenvalue weighted by molar-refractivity contribution is 6.16. The van der Waals surface area contributed by atoms with Gasteiger partial charge in [-0.1, -0.05) is 0 Å². The fourth-order valence-corrected chi connectivity index (χ4v) is 1.35. The highest BCUT2D eigenvalue weighted by Gasteiger charge is 2.35. The number of alkyl halides is 3. The molecule has 0 aliphatic carbocycles. The number of carbonyl (C=O) groups is 1. The molecule has 1 rings (SSSR count). The van der Waals surface area contributed by atoms with Crippen LogP contribution in [0.3, 0.4) is 0 Å². The Morgan fingerprint density at radius 2 is 2.10 bits per heavy atom. The van der Waals surface area contributed by atoms with Crippen LogP contribution in [0.2, 0.25) is 0 Å². The number of nitrogens with zero attached hydrogens (tertiary/aromatic N) is 2. The lowest BCUT2D eigenvalue weighted by Crippen LogP contribution is -2.15. The van der Waals surface area contributed by atoms with Crippen LogP contribution in [0.25, 0.3) is 5.57 Å². The van der Waals surface area contributed by atoms with Crippen LogP contribution in [0.15, 0.2) is 12.5 Å². The summed E-state index contributed by atoms with van der Waals surface area (Å²) in [5, 5.41) is 9.10. The molecule has 0 unspecified atom stereocenters. The Bertz CT molecular complexity index is 529. The highest BCUT2D eigenvalue weighted by Crippen LogP contribution is 2.28. The third kappa shape index (κ3) is 3.44. The molecule has 0 saturated carbocycles. The van der Waals surface area contributed by atoms with Crippen molar-refractivity contribution in [1.82, 2.24) is 9.97 Å². The van der Waals surface area contributed by atoms with Gasteiger partial charge < -0.3 is 14.6 Å². The summed E-state index contributed by atoms with van der Waals surface area (Å²) in [7, 11) is 2.34. The summed E-state index contributed by atoms with van der Waals surface area (Å²) in [6, 6.07) is 0. The first-order valence-electron chi connectivity index (χ1n) is 5.20. The lowest BCUT2D eigenvalue weighted by molar-refractivity contribution is -0.145. The zero-order valence-electron chi connectivity index (χ0n) is 10.6. The number of ether oxygens (including phenoxy) is 2. The van der Waals surface area contributed by atoms with Gasteiger partial charge >= 0.3 is 12.1 Å². The van der Waals surface area contributed by atoms with Gasteiger partial charge in [0.15, 0.2) is 0 Å². The van der Waals surface area contributed by atoms with Gasteiger partial charge in [-0.2, -0.15) is 13.2 Å². The van der Waals surface area contributed by atoms with Crippen LogP contribution in [0.1, 0.15) is 17.1 Å². The number of rotatable bonds is 4. The lowest BCUT2D eigenvalue weighted by atomic mass is 10.1. The minimum absolute atomic E-state index is 0.103. The summed E-state index contributed by atoms with van der Waals surface area (Å²) >= 11 is 0. The van der Waals surface area contributed by atoms with Crippen molar-refractivity contribution < 1.29 is 32.5 Å². The first-order valence-corrected chi connectivity index (χ1v) is 5.20. The average molecular weight is 292 g/mol. The van der Waals surface area contributed by atoms with Gasteiger partial charge in [-0.05, 0) is 0 Å². The molecule has 9 heteroatoms. The molecule has 110 valence electrons. The number of hydrogen-bond donors (Lipinski definition) is 1. The van der Waals surface area contributed by atoms with Crippen LogP contribution in [0.5, 0.6) is 0 Å². The van der Waals surface area contributed by atoms with Gasteiger partial charge in [0.2, 0.25) is 5.82 Å². The van der Waals surface area contributed by atoms with Gasteiger partial charge in [0.05, 0.1) is 32.8 Å². The molecule has 0 saturated heterocycles. The third-order valence-electron chi connectivity index (χ3n) is 2.20. The second-order valence-electron chi connectivity index (χ2n) is 3.47. The minimum Gasteiger partial charge on any atom is -0.503 e. The van der Waals surface area contributed by atoms with E-state index in [1.165, 1.54) is 7.11 Å². The summed E-state index contributed by atoms with van der Waals surface area (Å²) in [4.78, 5) is 17.8. The Labute approximate surface area is 111 Å². The normalized spacial score (nSPS) is 12.2. The van der Waals surface area contributed by atoms with E-state index in [4.69, 9.17) is 5.11 Å². The van der Waals surface area contributed by atoms with Crippen molar-refractivity contribution in [3.63, 3.8) is 0 Å². The van der Waals surface area contributed by atoms with Crippen molar-refractivity contribution >= 4 is 11.5 Å². The fraction of sp³-hybridized carbons (Fsp3) is 0.364. The molecule has 0 aliphatic rings. The topological polar surface area (TPSA) is 81.5 Å². The Morgan fingerprint density at radius 1 is 1.45 bits per heavy atom. The molecule has 1 N–H and O–H groups in total. The van der Waals surface area contributed by atoms with E-state index in [0.717, 1.165) is 19.6 Å². The molecule has 1 heterocycles. The number of esters is 1. The Balaban J connectivity index is 3.37. The van der Waals surface area contributed by atoms with Crippen molar-refractivity contribution in [2.24, 2.45) is 0 Å². The largest absolute Gasteiger partial charge is 0.503 e. The number of aromatic nitrogens is 2. The van der Waals surface area contributed by atoms with Crippen molar-refractivity contribution in [2.45, 2.75) is 12.8 Å². The van der Waals surface area contributed by atoms with Gasteiger partial charge in [-0.25, -0.2) is 14.8 Å². The molecule has 6 nitrogen and oxygen atoms in total. The molecule has 1 aromatic rings. The summed E-state index contributed by atoms with van der Waals surface area (Å²) < 4.78 is 46.5. The molecule has 1 aromatic heterocycles. The number of hydrogen-bond acceptors (Lipinski definition) is 6. The molecule has 20 heavy (non-hydrogen) atoms. The minimum atomic E-state index is -4.75. The fourth-order valence-electron chi connectivity index (χ4n) is 1.35. The van der Waals surface area contributed by atoms with Crippen LogP contribution < -0.4 is 0 Å². The summed E-state index contributed by atoms with van der Waals surface area (Å²) in [5.41, 5.74) is -0.664. The summed E-state index contributed by atoms with van der Waals surface area (Å²) in [6.07, 6.45) is -3.00. The van der Waals surface area contributed by atoms with Gasteiger partial charge in [-0.15, -0.1) is 0 Å². The Hall–Kier alpha value is -2.16.